The topological polar surface area (TPSA) is 96.3 Å². The summed E-state index contributed by atoms with van der Waals surface area (Å²) < 4.78 is 28.8. The molecule has 0 aliphatic carbocycles. The van der Waals surface area contributed by atoms with Crippen molar-refractivity contribution in [1.82, 2.24) is 20.0 Å². The van der Waals surface area contributed by atoms with E-state index in [1.807, 2.05) is 0 Å². The highest BCUT2D eigenvalue weighted by Crippen LogP contribution is 2.28. The van der Waals surface area contributed by atoms with Crippen molar-refractivity contribution in [2.45, 2.75) is 13.0 Å². The van der Waals surface area contributed by atoms with Gasteiger partial charge in [-0.15, -0.1) is 0 Å². The van der Waals surface area contributed by atoms with E-state index in [0.29, 0.717) is 11.1 Å². The van der Waals surface area contributed by atoms with Gasteiger partial charge in [-0.05, 0) is 48.4 Å². The van der Waals surface area contributed by atoms with Crippen LogP contribution < -0.4 is 16.2 Å². The van der Waals surface area contributed by atoms with E-state index in [9.17, 15) is 23.2 Å². The van der Waals surface area contributed by atoms with Gasteiger partial charge in [-0.25, -0.2) is 13.6 Å². The molecular weight excluding hydrogens is 432 g/mol. The number of rotatable bonds is 4. The molecule has 3 aromatic rings. The molecule has 2 aromatic carbocycles. The van der Waals surface area contributed by atoms with Gasteiger partial charge in [0.1, 0.15) is 17.3 Å². The third-order valence-corrected chi connectivity index (χ3v) is 5.18. The van der Waals surface area contributed by atoms with Crippen molar-refractivity contribution in [2.24, 2.45) is 0 Å². The third kappa shape index (κ3) is 4.36. The van der Waals surface area contributed by atoms with Crippen molar-refractivity contribution in [3.8, 4) is 5.69 Å². The molecule has 3 amide bonds. The first kappa shape index (κ1) is 21.9. The number of hydrogen-bond acceptors (Lipinski definition) is 4. The molecule has 0 spiro atoms. The highest BCUT2D eigenvalue weighted by atomic mass is 19.1. The number of amides is 3. The molecule has 33 heavy (non-hydrogen) atoms. The Morgan fingerprint density at radius 1 is 1.12 bits per heavy atom. The summed E-state index contributed by atoms with van der Waals surface area (Å²) in [4.78, 5) is 38.7. The lowest BCUT2D eigenvalue weighted by atomic mass is 9.97. The molecule has 0 radical (unpaired) electrons. The number of aryl methyl sites for hydroxylation is 1. The summed E-state index contributed by atoms with van der Waals surface area (Å²) in [5.74, 6) is -1.70. The Morgan fingerprint density at radius 2 is 1.85 bits per heavy atom. The summed E-state index contributed by atoms with van der Waals surface area (Å²) in [5, 5.41) is 9.30. The SMILES string of the molecule is Cc1cc(F)c(-n2ncccc2=O)cc1NC(=O)C1=CN(C)C(=O)N[C@H]1c1ccc(F)cc1. The van der Waals surface area contributed by atoms with Crippen LogP contribution in [0.15, 0.2) is 71.3 Å². The smallest absolute Gasteiger partial charge is 0.321 e. The van der Waals surface area contributed by atoms with Crippen molar-refractivity contribution in [3.05, 3.63) is 99.6 Å². The third-order valence-electron chi connectivity index (χ3n) is 5.18. The number of urea groups is 1. The Balaban J connectivity index is 1.70. The summed E-state index contributed by atoms with van der Waals surface area (Å²) in [6.45, 7) is 1.60. The van der Waals surface area contributed by atoms with Crippen LogP contribution in [0.1, 0.15) is 17.2 Å². The molecule has 0 saturated carbocycles. The van der Waals surface area contributed by atoms with Crippen LogP contribution in [0.25, 0.3) is 5.69 Å². The van der Waals surface area contributed by atoms with Crippen LogP contribution in [0.5, 0.6) is 0 Å². The zero-order valence-electron chi connectivity index (χ0n) is 17.7. The lowest BCUT2D eigenvalue weighted by Crippen LogP contribution is -2.44. The molecule has 1 aliphatic heterocycles. The van der Waals surface area contributed by atoms with Crippen molar-refractivity contribution in [2.75, 3.05) is 12.4 Å². The number of hydrogen-bond donors (Lipinski definition) is 2. The monoisotopic (exact) mass is 451 g/mol. The second-order valence-electron chi connectivity index (χ2n) is 7.48. The second-order valence-corrected chi connectivity index (χ2v) is 7.48. The number of carbonyl (C=O) groups excluding carboxylic acids is 2. The minimum atomic E-state index is -0.826. The maximum atomic E-state index is 14.6. The van der Waals surface area contributed by atoms with Crippen LogP contribution in [0.2, 0.25) is 0 Å². The van der Waals surface area contributed by atoms with E-state index in [-0.39, 0.29) is 16.9 Å². The van der Waals surface area contributed by atoms with Crippen molar-refractivity contribution in [1.29, 1.82) is 0 Å². The number of halogens is 2. The summed E-state index contributed by atoms with van der Waals surface area (Å²) in [7, 11) is 1.48. The van der Waals surface area contributed by atoms with Crippen LogP contribution in [0.4, 0.5) is 19.3 Å². The Hall–Kier alpha value is -4.34. The Bertz CT molecular complexity index is 1330. The largest absolute Gasteiger partial charge is 0.327 e. The highest BCUT2D eigenvalue weighted by Gasteiger charge is 2.31. The second kappa shape index (κ2) is 8.65. The molecule has 0 saturated heterocycles. The number of nitrogens with one attached hydrogen (secondary N) is 2. The predicted molar refractivity (Wildman–Crippen MR) is 117 cm³/mol. The van der Waals surface area contributed by atoms with Gasteiger partial charge >= 0.3 is 6.03 Å². The molecule has 8 nitrogen and oxygen atoms in total. The van der Waals surface area contributed by atoms with Crippen LogP contribution in [-0.4, -0.2) is 33.7 Å². The van der Waals surface area contributed by atoms with E-state index >= 15 is 0 Å². The minimum Gasteiger partial charge on any atom is -0.327 e. The quantitative estimate of drug-likeness (QED) is 0.637. The minimum absolute atomic E-state index is 0.125. The van der Waals surface area contributed by atoms with E-state index in [1.165, 1.54) is 72.9 Å². The standard InChI is InChI=1S/C23H19F2N5O3/c1-13-10-17(25)19(30-20(31)4-3-9-26-30)11-18(13)27-22(32)16-12-29(2)23(33)28-21(16)14-5-7-15(24)8-6-14/h3-12,21H,1-2H3,(H,27,32)(H,28,33)/t21-/m0/s1. The zero-order chi connectivity index (χ0) is 23.7. The average Bonchev–Trinajstić information content (AvgIpc) is 2.78. The lowest BCUT2D eigenvalue weighted by molar-refractivity contribution is -0.113. The highest BCUT2D eigenvalue weighted by molar-refractivity contribution is 6.06. The number of benzene rings is 2. The first-order valence-corrected chi connectivity index (χ1v) is 9.91. The molecule has 10 heteroatoms. The Kier molecular flexibility index (Phi) is 5.74. The van der Waals surface area contributed by atoms with Crippen molar-refractivity contribution >= 4 is 17.6 Å². The maximum absolute atomic E-state index is 14.6. The molecule has 1 atom stereocenters. The van der Waals surface area contributed by atoms with E-state index in [2.05, 4.69) is 15.7 Å². The van der Waals surface area contributed by atoms with Gasteiger partial charge in [-0.2, -0.15) is 9.78 Å². The first-order chi connectivity index (χ1) is 15.7. The van der Waals surface area contributed by atoms with Gasteiger partial charge in [-0.3, -0.25) is 9.59 Å². The van der Waals surface area contributed by atoms with Gasteiger partial charge in [0.25, 0.3) is 11.5 Å². The number of aromatic nitrogens is 2. The fourth-order valence-electron chi connectivity index (χ4n) is 3.44. The molecule has 2 heterocycles. The van der Waals surface area contributed by atoms with Gasteiger partial charge in [-0.1, -0.05) is 12.1 Å². The number of anilines is 1. The molecule has 1 aromatic heterocycles. The van der Waals surface area contributed by atoms with Gasteiger partial charge in [0.05, 0.1) is 11.6 Å². The summed E-state index contributed by atoms with van der Waals surface area (Å²) in [5.41, 5.74) is 0.709. The molecule has 0 unspecified atom stereocenters. The van der Waals surface area contributed by atoms with Gasteiger partial charge < -0.3 is 15.5 Å². The molecule has 0 bridgehead atoms. The average molecular weight is 451 g/mol. The molecular formula is C23H19F2N5O3. The summed E-state index contributed by atoms with van der Waals surface area (Å²) in [6.07, 6.45) is 2.73. The Morgan fingerprint density at radius 3 is 2.55 bits per heavy atom. The fraction of sp³-hybridized carbons (Fsp3) is 0.130. The van der Waals surface area contributed by atoms with E-state index in [1.54, 1.807) is 6.92 Å². The summed E-state index contributed by atoms with van der Waals surface area (Å²) in [6, 6.07) is 9.33. The van der Waals surface area contributed by atoms with Crippen molar-refractivity contribution < 1.29 is 18.4 Å². The lowest BCUT2D eigenvalue weighted by Gasteiger charge is -2.30. The molecule has 1 aliphatic rings. The van der Waals surface area contributed by atoms with Gasteiger partial charge in [0, 0.05) is 31.2 Å². The zero-order valence-corrected chi connectivity index (χ0v) is 17.7. The summed E-state index contributed by atoms with van der Waals surface area (Å²) >= 11 is 0. The fourth-order valence-corrected chi connectivity index (χ4v) is 3.44. The first-order valence-electron chi connectivity index (χ1n) is 9.91. The molecule has 0 fully saturated rings. The van der Waals surface area contributed by atoms with Crippen LogP contribution in [-0.2, 0) is 4.79 Å². The molecule has 168 valence electrons. The van der Waals surface area contributed by atoms with Gasteiger partial charge in [0.15, 0.2) is 0 Å². The van der Waals surface area contributed by atoms with E-state index in [4.69, 9.17) is 0 Å². The molecule has 2 N–H and O–H groups in total. The maximum Gasteiger partial charge on any atom is 0.321 e. The van der Waals surface area contributed by atoms with Crippen molar-refractivity contribution in [3.63, 3.8) is 0 Å². The van der Waals surface area contributed by atoms with Crippen LogP contribution in [0, 0.1) is 18.6 Å². The van der Waals surface area contributed by atoms with E-state index in [0.717, 1.165) is 4.68 Å². The Labute approximate surface area is 187 Å². The molecule has 4 rings (SSSR count). The number of nitrogens with zero attached hydrogens (tertiary/aromatic N) is 3. The van der Waals surface area contributed by atoms with Crippen LogP contribution in [0.3, 0.4) is 0 Å². The number of carbonyl (C=O) groups is 2. The predicted octanol–water partition coefficient (Wildman–Crippen LogP) is 3.04. The van der Waals surface area contributed by atoms with Gasteiger partial charge in [0.2, 0.25) is 0 Å². The van der Waals surface area contributed by atoms with Crippen LogP contribution >= 0.6 is 0 Å². The normalized spacial score (nSPS) is 15.6. The van der Waals surface area contributed by atoms with E-state index < -0.39 is 35.2 Å².